The molecule has 0 spiro atoms. The van der Waals surface area contributed by atoms with Gasteiger partial charge in [-0.25, -0.2) is 14.8 Å². The normalized spacial score (nSPS) is 14.4. The summed E-state index contributed by atoms with van der Waals surface area (Å²) < 4.78 is 5.31. The first-order valence-electron chi connectivity index (χ1n) is 22.0. The zero-order chi connectivity index (χ0) is 45.6. The molecule has 8 rings (SSSR count). The second kappa shape index (κ2) is 21.9. The van der Waals surface area contributed by atoms with Crippen LogP contribution in [0.25, 0.3) is 0 Å². The molecular weight excluding hydrogens is 817 g/mol. The van der Waals surface area contributed by atoms with E-state index in [9.17, 15) is 14.4 Å². The lowest BCUT2D eigenvalue weighted by Crippen LogP contribution is -2.46. The van der Waals surface area contributed by atoms with Gasteiger partial charge in [0.2, 0.25) is 0 Å². The van der Waals surface area contributed by atoms with E-state index in [4.69, 9.17) is 10.5 Å². The van der Waals surface area contributed by atoms with Crippen LogP contribution in [0.3, 0.4) is 0 Å². The molecule has 6 aromatic rings. The average molecular weight is 875 g/mol. The number of para-hydroxylation sites is 4. The van der Waals surface area contributed by atoms with E-state index in [1.165, 1.54) is 11.1 Å². The summed E-state index contributed by atoms with van der Waals surface area (Å²) in [6, 6.07) is 42.6. The fourth-order valence-electron chi connectivity index (χ4n) is 7.48. The number of ether oxygens (including phenoxy) is 1. The van der Waals surface area contributed by atoms with Crippen LogP contribution in [0.5, 0.6) is 0 Å². The third-order valence-corrected chi connectivity index (χ3v) is 10.9. The van der Waals surface area contributed by atoms with Crippen LogP contribution in [0.1, 0.15) is 52.6 Å². The minimum atomic E-state index is -0.621. The van der Waals surface area contributed by atoms with Gasteiger partial charge in [-0.15, -0.1) is 0 Å². The fourth-order valence-corrected chi connectivity index (χ4v) is 7.48. The Morgan fingerprint density at radius 2 is 0.923 bits per heavy atom. The van der Waals surface area contributed by atoms with Gasteiger partial charge in [0.1, 0.15) is 17.2 Å². The van der Waals surface area contributed by atoms with E-state index in [2.05, 4.69) is 94.0 Å². The van der Waals surface area contributed by atoms with Crippen molar-refractivity contribution in [1.82, 2.24) is 19.8 Å². The van der Waals surface area contributed by atoms with Gasteiger partial charge in [-0.1, -0.05) is 84.9 Å². The number of hydrogen-bond donors (Lipinski definition) is 4. The second-order valence-electron chi connectivity index (χ2n) is 17.0. The van der Waals surface area contributed by atoms with Gasteiger partial charge >= 0.3 is 6.09 Å². The second-order valence-corrected chi connectivity index (χ2v) is 17.0. The number of pyridine rings is 2. The van der Waals surface area contributed by atoms with Crippen LogP contribution < -0.4 is 31.5 Å². The van der Waals surface area contributed by atoms with E-state index in [0.717, 1.165) is 77.1 Å². The first kappa shape index (κ1) is 45.7. The molecule has 0 bridgehead atoms. The standard InChI is InChI=1S/C28H33N5O3.C23H25N5O/c1-28(2,3)36-27(35)31-24-12-8-7-11-23(24)30-26(34)22-13-14-25(29-19-22)33-17-15-32(16-18-33)20-21-9-5-4-6-10-21;24-20-8-4-5-9-21(20)26-23(29)19-10-11-22(25-16-19)28-14-12-27(13-15-28)17-18-6-2-1-3-7-18/h4-14,19H,15-18,20H2,1-3H3,(H,30,34)(H,31,35);1-11,16H,12-15,17,24H2,(H,26,29). The minimum Gasteiger partial charge on any atom is -0.444 e. The fraction of sp³-hybridized carbons (Fsp3) is 0.275. The Kier molecular flexibility index (Phi) is 15.4. The van der Waals surface area contributed by atoms with Crippen molar-refractivity contribution in [3.63, 3.8) is 0 Å². The summed E-state index contributed by atoms with van der Waals surface area (Å²) >= 11 is 0. The summed E-state index contributed by atoms with van der Waals surface area (Å²) in [5.41, 5.74) is 11.0. The quantitative estimate of drug-likeness (QED) is 0.0929. The van der Waals surface area contributed by atoms with Crippen molar-refractivity contribution in [2.24, 2.45) is 0 Å². The maximum absolute atomic E-state index is 12.9. The summed E-state index contributed by atoms with van der Waals surface area (Å²) in [6.07, 6.45) is 2.63. The number of anilines is 6. The van der Waals surface area contributed by atoms with Crippen LogP contribution in [0.15, 0.2) is 146 Å². The number of carbonyl (C=O) groups is 3. The Morgan fingerprint density at radius 3 is 1.34 bits per heavy atom. The lowest BCUT2D eigenvalue weighted by Gasteiger charge is -2.35. The van der Waals surface area contributed by atoms with Crippen molar-refractivity contribution in [3.05, 3.63) is 168 Å². The van der Waals surface area contributed by atoms with Crippen molar-refractivity contribution >= 4 is 52.3 Å². The number of amides is 3. The smallest absolute Gasteiger partial charge is 0.412 e. The molecule has 336 valence electrons. The van der Waals surface area contributed by atoms with Gasteiger partial charge in [0.15, 0.2) is 0 Å². The molecule has 2 aliphatic rings. The number of nitrogen functional groups attached to an aromatic ring is 1. The zero-order valence-electron chi connectivity index (χ0n) is 37.3. The van der Waals surface area contributed by atoms with Gasteiger partial charge in [0, 0.05) is 77.8 Å². The summed E-state index contributed by atoms with van der Waals surface area (Å²) in [7, 11) is 0. The van der Waals surface area contributed by atoms with Crippen LogP contribution in [0.4, 0.5) is 39.2 Å². The van der Waals surface area contributed by atoms with Crippen molar-refractivity contribution < 1.29 is 19.1 Å². The van der Waals surface area contributed by atoms with Crippen molar-refractivity contribution in [2.75, 3.05) is 83.8 Å². The van der Waals surface area contributed by atoms with Crippen LogP contribution in [-0.4, -0.2) is 95.6 Å². The van der Waals surface area contributed by atoms with Crippen molar-refractivity contribution in [2.45, 2.75) is 39.5 Å². The lowest BCUT2D eigenvalue weighted by molar-refractivity contribution is 0.0635. The highest BCUT2D eigenvalue weighted by Gasteiger charge is 2.22. The monoisotopic (exact) mass is 874 g/mol. The maximum atomic E-state index is 12.9. The van der Waals surface area contributed by atoms with Gasteiger partial charge in [-0.05, 0) is 80.4 Å². The largest absolute Gasteiger partial charge is 0.444 e. The average Bonchev–Trinajstić information content (AvgIpc) is 3.31. The molecule has 0 radical (unpaired) electrons. The van der Waals surface area contributed by atoms with Crippen molar-refractivity contribution in [3.8, 4) is 0 Å². The lowest BCUT2D eigenvalue weighted by atomic mass is 10.2. The topological polar surface area (TPSA) is 161 Å². The number of nitrogens with one attached hydrogen (secondary N) is 3. The van der Waals surface area contributed by atoms with Crippen LogP contribution >= 0.6 is 0 Å². The van der Waals surface area contributed by atoms with E-state index in [0.29, 0.717) is 33.9 Å². The molecule has 2 aromatic heterocycles. The predicted molar refractivity (Wildman–Crippen MR) is 259 cm³/mol. The zero-order valence-corrected chi connectivity index (χ0v) is 37.3. The molecule has 2 aliphatic heterocycles. The molecule has 2 saturated heterocycles. The molecule has 2 fully saturated rings. The van der Waals surface area contributed by atoms with Crippen molar-refractivity contribution in [1.29, 1.82) is 0 Å². The highest BCUT2D eigenvalue weighted by molar-refractivity contribution is 6.07. The highest BCUT2D eigenvalue weighted by atomic mass is 16.6. The summed E-state index contributed by atoms with van der Waals surface area (Å²) in [4.78, 5) is 55.9. The van der Waals surface area contributed by atoms with Gasteiger partial charge < -0.3 is 30.9 Å². The Bertz CT molecular complexity index is 2470. The molecular formula is C51H58N10O4. The number of nitrogens with zero attached hydrogens (tertiary/aromatic N) is 6. The number of carbonyl (C=O) groups excluding carboxylic acids is 3. The molecule has 14 heteroatoms. The molecule has 65 heavy (non-hydrogen) atoms. The number of piperazine rings is 2. The van der Waals surface area contributed by atoms with Crippen LogP contribution in [0, 0.1) is 0 Å². The third-order valence-electron chi connectivity index (χ3n) is 10.9. The van der Waals surface area contributed by atoms with Crippen LogP contribution in [0.2, 0.25) is 0 Å². The summed E-state index contributed by atoms with van der Waals surface area (Å²) in [6.45, 7) is 14.8. The van der Waals surface area contributed by atoms with E-state index < -0.39 is 11.7 Å². The SMILES string of the molecule is CC(C)(C)OC(=O)Nc1ccccc1NC(=O)c1ccc(N2CCN(Cc3ccccc3)CC2)nc1.Nc1ccccc1NC(=O)c1ccc(N2CCN(Cc3ccccc3)CC2)nc1. The third kappa shape index (κ3) is 13.6. The van der Waals surface area contributed by atoms with Gasteiger partial charge in [-0.2, -0.15) is 0 Å². The molecule has 3 amide bonds. The van der Waals surface area contributed by atoms with Gasteiger partial charge in [0.05, 0.1) is 33.9 Å². The van der Waals surface area contributed by atoms with E-state index in [1.54, 1.807) is 75.6 Å². The molecule has 4 heterocycles. The van der Waals surface area contributed by atoms with E-state index >= 15 is 0 Å². The highest BCUT2D eigenvalue weighted by Crippen LogP contribution is 2.24. The van der Waals surface area contributed by atoms with Gasteiger partial charge in [0.25, 0.3) is 11.8 Å². The summed E-state index contributed by atoms with van der Waals surface area (Å²) in [5, 5.41) is 8.38. The summed E-state index contributed by atoms with van der Waals surface area (Å²) in [5.74, 6) is 1.24. The molecule has 0 unspecified atom stereocenters. The minimum absolute atomic E-state index is 0.213. The number of aromatic nitrogens is 2. The Labute approximate surface area is 381 Å². The Balaban J connectivity index is 0.000000198. The van der Waals surface area contributed by atoms with E-state index in [-0.39, 0.29) is 11.8 Å². The predicted octanol–water partition coefficient (Wildman–Crippen LogP) is 8.24. The molecule has 0 atom stereocenters. The molecule has 5 N–H and O–H groups in total. The van der Waals surface area contributed by atoms with E-state index in [1.807, 2.05) is 42.5 Å². The number of benzene rings is 4. The maximum Gasteiger partial charge on any atom is 0.412 e. The molecule has 0 saturated carbocycles. The van der Waals surface area contributed by atoms with Crippen LogP contribution in [-0.2, 0) is 17.8 Å². The first-order chi connectivity index (χ1) is 31.5. The number of nitrogens with two attached hydrogens (primary N) is 1. The molecule has 14 nitrogen and oxygen atoms in total. The number of rotatable bonds is 11. The Hall–Kier alpha value is -7.29. The number of hydrogen-bond acceptors (Lipinski definition) is 11. The molecule has 4 aromatic carbocycles. The van der Waals surface area contributed by atoms with Gasteiger partial charge in [-0.3, -0.25) is 24.7 Å². The molecule has 0 aliphatic carbocycles. The first-order valence-corrected chi connectivity index (χ1v) is 22.0. The Morgan fingerprint density at radius 1 is 0.523 bits per heavy atom.